The molecule has 1 unspecified atom stereocenters. The zero-order chi connectivity index (χ0) is 17.6. The van der Waals surface area contributed by atoms with E-state index in [1.807, 2.05) is 7.05 Å². The van der Waals surface area contributed by atoms with Gasteiger partial charge >= 0.3 is 0 Å². The second-order valence-electron chi connectivity index (χ2n) is 6.84. The summed E-state index contributed by atoms with van der Waals surface area (Å²) in [6.07, 6.45) is 6.72. The van der Waals surface area contributed by atoms with Crippen molar-refractivity contribution >= 4 is 29.9 Å². The quantitative estimate of drug-likeness (QED) is 0.311. The fourth-order valence-corrected chi connectivity index (χ4v) is 3.70. The highest BCUT2D eigenvalue weighted by Gasteiger charge is 2.29. The molecule has 144 valence electrons. The van der Waals surface area contributed by atoms with Crippen LogP contribution in [0.4, 0.5) is 0 Å². The molecule has 2 heterocycles. The average molecular weight is 470 g/mol. The molecule has 3 rings (SSSR count). The van der Waals surface area contributed by atoms with Crippen molar-refractivity contribution in [3.63, 3.8) is 0 Å². The average Bonchev–Trinajstić information content (AvgIpc) is 3.31. The third-order valence-corrected chi connectivity index (χ3v) is 5.21. The lowest BCUT2D eigenvalue weighted by Gasteiger charge is -2.25. The van der Waals surface area contributed by atoms with Gasteiger partial charge in [-0.25, -0.2) is 0 Å². The number of hydrogen-bond acceptors (Lipinski definition) is 3. The molecule has 0 aliphatic carbocycles. The van der Waals surface area contributed by atoms with Crippen molar-refractivity contribution in [1.82, 2.24) is 15.1 Å². The fraction of sp³-hybridized carbons (Fsp3) is 0.550. The number of likely N-dealkylation sites (tertiary alicyclic amines) is 1. The molecule has 2 aliphatic rings. The van der Waals surface area contributed by atoms with Gasteiger partial charge in [-0.15, -0.1) is 24.0 Å². The lowest BCUT2D eigenvalue weighted by molar-refractivity contribution is 0.259. The Hall–Kier alpha value is -1.28. The Labute approximate surface area is 174 Å². The number of halogens is 1. The second kappa shape index (κ2) is 10.2. The van der Waals surface area contributed by atoms with Crippen LogP contribution in [0.2, 0.25) is 0 Å². The zero-order valence-electron chi connectivity index (χ0n) is 16.1. The minimum absolute atomic E-state index is 0. The van der Waals surface area contributed by atoms with E-state index in [1.165, 1.54) is 17.5 Å². The van der Waals surface area contributed by atoms with Crippen molar-refractivity contribution in [2.75, 3.05) is 46.9 Å². The highest BCUT2D eigenvalue weighted by atomic mass is 127. The number of guanidine groups is 1. The number of aliphatic imine (C=N–C) groups is 1. The lowest BCUT2D eigenvalue weighted by Crippen LogP contribution is -2.43. The summed E-state index contributed by atoms with van der Waals surface area (Å²) in [7, 11) is 3.61. The molecule has 1 aromatic carbocycles. The molecule has 1 fully saturated rings. The van der Waals surface area contributed by atoms with Crippen molar-refractivity contribution in [2.45, 2.75) is 25.8 Å². The number of ether oxygens (including phenoxy) is 1. The van der Waals surface area contributed by atoms with Gasteiger partial charge in [-0.1, -0.05) is 24.3 Å². The van der Waals surface area contributed by atoms with E-state index in [-0.39, 0.29) is 24.0 Å². The SMILES string of the molecule is CN=C(NCCc1ccc(C)c(OC)c1)N1CCC(N2CC=CC2)C1.I. The maximum absolute atomic E-state index is 5.41. The molecule has 5 nitrogen and oxygen atoms in total. The minimum Gasteiger partial charge on any atom is -0.496 e. The molecule has 0 radical (unpaired) electrons. The Balaban J connectivity index is 0.00000243. The molecule has 0 bridgehead atoms. The van der Waals surface area contributed by atoms with Crippen LogP contribution >= 0.6 is 24.0 Å². The first-order chi connectivity index (χ1) is 12.2. The summed E-state index contributed by atoms with van der Waals surface area (Å²) in [5.41, 5.74) is 2.46. The first-order valence-corrected chi connectivity index (χ1v) is 9.19. The first kappa shape index (κ1) is 21.0. The van der Waals surface area contributed by atoms with E-state index < -0.39 is 0 Å². The van der Waals surface area contributed by atoms with Crippen molar-refractivity contribution in [2.24, 2.45) is 4.99 Å². The van der Waals surface area contributed by atoms with Crippen molar-refractivity contribution < 1.29 is 4.74 Å². The van der Waals surface area contributed by atoms with E-state index >= 15 is 0 Å². The molecule has 1 N–H and O–H groups in total. The highest BCUT2D eigenvalue weighted by Crippen LogP contribution is 2.20. The van der Waals surface area contributed by atoms with Crippen LogP contribution in [0.1, 0.15) is 17.5 Å². The third-order valence-electron chi connectivity index (χ3n) is 5.21. The van der Waals surface area contributed by atoms with Gasteiger partial charge in [0.15, 0.2) is 5.96 Å². The Kier molecular flexibility index (Phi) is 8.21. The molecule has 0 spiro atoms. The monoisotopic (exact) mass is 470 g/mol. The maximum Gasteiger partial charge on any atom is 0.193 e. The fourth-order valence-electron chi connectivity index (χ4n) is 3.70. The van der Waals surface area contributed by atoms with Gasteiger partial charge in [-0.3, -0.25) is 9.89 Å². The number of nitrogens with zero attached hydrogens (tertiary/aromatic N) is 3. The molecule has 1 aromatic rings. The van der Waals surface area contributed by atoms with Gasteiger partial charge in [0.05, 0.1) is 7.11 Å². The van der Waals surface area contributed by atoms with E-state index in [0.29, 0.717) is 6.04 Å². The van der Waals surface area contributed by atoms with Gasteiger partial charge in [-0.05, 0) is 37.0 Å². The standard InChI is InChI=1S/C20H30N4O.HI/c1-16-6-7-17(14-19(16)25-3)8-10-22-20(21-2)24-13-9-18(15-24)23-11-4-5-12-23;/h4-7,14,18H,8-13,15H2,1-3H3,(H,21,22);1H. The van der Waals surface area contributed by atoms with Crippen molar-refractivity contribution in [1.29, 1.82) is 0 Å². The smallest absolute Gasteiger partial charge is 0.193 e. The summed E-state index contributed by atoms with van der Waals surface area (Å²) >= 11 is 0. The molecule has 26 heavy (non-hydrogen) atoms. The highest BCUT2D eigenvalue weighted by molar-refractivity contribution is 14.0. The molecule has 0 amide bonds. The molecular formula is C20H31IN4O. The number of rotatable bonds is 5. The van der Waals surface area contributed by atoms with E-state index in [1.54, 1.807) is 7.11 Å². The van der Waals surface area contributed by atoms with Crippen LogP contribution in [0.5, 0.6) is 5.75 Å². The molecule has 0 saturated carbocycles. The van der Waals surface area contributed by atoms with Gasteiger partial charge in [0.2, 0.25) is 0 Å². The molecule has 6 heteroatoms. The van der Waals surface area contributed by atoms with Gasteiger partial charge in [-0.2, -0.15) is 0 Å². The number of aryl methyl sites for hydroxylation is 1. The molecule has 1 saturated heterocycles. The lowest BCUT2D eigenvalue weighted by atomic mass is 10.1. The Morgan fingerprint density at radius 1 is 1.31 bits per heavy atom. The largest absolute Gasteiger partial charge is 0.496 e. The minimum atomic E-state index is 0. The third kappa shape index (κ3) is 5.13. The normalized spacial score (nSPS) is 20.3. The summed E-state index contributed by atoms with van der Waals surface area (Å²) in [5, 5.41) is 3.52. The first-order valence-electron chi connectivity index (χ1n) is 9.19. The van der Waals surface area contributed by atoms with Crippen molar-refractivity contribution in [3.8, 4) is 5.75 Å². The number of nitrogens with one attached hydrogen (secondary N) is 1. The number of methoxy groups -OCH3 is 1. The number of benzene rings is 1. The van der Waals surface area contributed by atoms with Gasteiger partial charge in [0, 0.05) is 45.8 Å². The van der Waals surface area contributed by atoms with Gasteiger partial charge < -0.3 is 15.0 Å². The topological polar surface area (TPSA) is 40.1 Å². The molecule has 2 aliphatic heterocycles. The summed E-state index contributed by atoms with van der Waals surface area (Å²) in [4.78, 5) is 9.42. The van der Waals surface area contributed by atoms with Crippen molar-refractivity contribution in [3.05, 3.63) is 41.5 Å². The molecular weight excluding hydrogens is 439 g/mol. The second-order valence-corrected chi connectivity index (χ2v) is 6.84. The Morgan fingerprint density at radius 3 is 2.77 bits per heavy atom. The summed E-state index contributed by atoms with van der Waals surface area (Å²) < 4.78 is 5.41. The maximum atomic E-state index is 5.41. The van der Waals surface area contributed by atoms with Crippen LogP contribution in [0, 0.1) is 6.92 Å². The van der Waals surface area contributed by atoms with Crippen LogP contribution in [-0.4, -0.2) is 68.7 Å². The number of hydrogen-bond donors (Lipinski definition) is 1. The molecule has 1 atom stereocenters. The predicted octanol–water partition coefficient (Wildman–Crippen LogP) is 2.69. The van der Waals surface area contributed by atoms with Crippen LogP contribution < -0.4 is 10.1 Å². The predicted molar refractivity (Wildman–Crippen MR) is 119 cm³/mol. The summed E-state index contributed by atoms with van der Waals surface area (Å²) in [6, 6.07) is 7.08. The zero-order valence-corrected chi connectivity index (χ0v) is 18.4. The van der Waals surface area contributed by atoms with Gasteiger partial charge in [0.25, 0.3) is 0 Å². The summed E-state index contributed by atoms with van der Waals surface area (Å²) in [6.45, 7) is 7.30. The van der Waals surface area contributed by atoms with Crippen LogP contribution in [0.15, 0.2) is 35.3 Å². The molecule has 0 aromatic heterocycles. The summed E-state index contributed by atoms with van der Waals surface area (Å²) in [5.74, 6) is 1.98. The van der Waals surface area contributed by atoms with Gasteiger partial charge in [0.1, 0.15) is 5.75 Å². The van der Waals surface area contributed by atoms with Crippen LogP contribution in [0.3, 0.4) is 0 Å². The van der Waals surface area contributed by atoms with E-state index in [0.717, 1.165) is 50.9 Å². The van der Waals surface area contributed by atoms with Crippen LogP contribution in [-0.2, 0) is 6.42 Å². The van der Waals surface area contributed by atoms with E-state index in [9.17, 15) is 0 Å². The van der Waals surface area contributed by atoms with E-state index in [4.69, 9.17) is 4.74 Å². The van der Waals surface area contributed by atoms with E-state index in [2.05, 4.69) is 57.4 Å². The van der Waals surface area contributed by atoms with Crippen LogP contribution in [0.25, 0.3) is 0 Å². The Bertz CT molecular complexity index is 639. The Morgan fingerprint density at radius 2 is 2.08 bits per heavy atom.